The lowest BCUT2D eigenvalue weighted by atomic mass is 9.93. The molecule has 0 saturated carbocycles. The first-order valence-electron chi connectivity index (χ1n) is 5.02. The van der Waals surface area contributed by atoms with Crippen molar-refractivity contribution in [2.24, 2.45) is 11.7 Å². The number of ether oxygens (including phenoxy) is 1. The van der Waals surface area contributed by atoms with Crippen LogP contribution in [0.15, 0.2) is 24.3 Å². The van der Waals surface area contributed by atoms with E-state index in [0.29, 0.717) is 0 Å². The van der Waals surface area contributed by atoms with E-state index in [-0.39, 0.29) is 12.0 Å². The summed E-state index contributed by atoms with van der Waals surface area (Å²) in [5.41, 5.74) is 6.95. The molecule has 3 nitrogen and oxygen atoms in total. The van der Waals surface area contributed by atoms with Gasteiger partial charge in [0.15, 0.2) is 0 Å². The van der Waals surface area contributed by atoms with Gasteiger partial charge >= 0.3 is 0 Å². The highest BCUT2D eigenvalue weighted by molar-refractivity contribution is 5.31. The molecule has 0 aliphatic heterocycles. The second kappa shape index (κ2) is 5.38. The van der Waals surface area contributed by atoms with Gasteiger partial charge in [0.2, 0.25) is 0 Å². The van der Waals surface area contributed by atoms with Gasteiger partial charge in [-0.2, -0.15) is 5.26 Å². The molecule has 0 saturated heterocycles. The van der Waals surface area contributed by atoms with E-state index in [4.69, 9.17) is 15.7 Å². The van der Waals surface area contributed by atoms with E-state index < -0.39 is 0 Å². The van der Waals surface area contributed by atoms with Crippen molar-refractivity contribution in [3.8, 4) is 11.8 Å². The Kier molecular flexibility index (Phi) is 4.14. The maximum Gasteiger partial charge on any atom is 0.119 e. The Bertz CT molecular complexity index is 357. The molecule has 0 fully saturated rings. The third-order valence-corrected chi connectivity index (χ3v) is 2.52. The molecule has 0 aromatic heterocycles. The summed E-state index contributed by atoms with van der Waals surface area (Å²) in [6, 6.07) is 9.54. The van der Waals surface area contributed by atoms with Crippen LogP contribution in [0.4, 0.5) is 0 Å². The third kappa shape index (κ3) is 2.71. The summed E-state index contributed by atoms with van der Waals surface area (Å²) in [5, 5.41) is 8.92. The predicted octanol–water partition coefficient (Wildman–Crippen LogP) is 2.24. The van der Waals surface area contributed by atoms with Gasteiger partial charge in [0.05, 0.1) is 19.1 Å². The van der Waals surface area contributed by atoms with Crippen molar-refractivity contribution >= 4 is 0 Å². The standard InChI is InChI=1S/C12H16N2O/c1-3-9(8-13)12(14)10-5-4-6-11(7-10)15-2/h4-7,9,12H,3,14H2,1-2H3. The first kappa shape index (κ1) is 11.5. The molecule has 0 heterocycles. The molecule has 15 heavy (non-hydrogen) atoms. The van der Waals surface area contributed by atoms with Gasteiger partial charge < -0.3 is 10.5 Å². The second-order valence-electron chi connectivity index (χ2n) is 3.45. The van der Waals surface area contributed by atoms with E-state index in [9.17, 15) is 0 Å². The number of nitriles is 1. The SMILES string of the molecule is CCC(C#N)C(N)c1cccc(OC)c1. The molecule has 2 N–H and O–H groups in total. The summed E-state index contributed by atoms with van der Waals surface area (Å²) in [5.74, 6) is 0.632. The topological polar surface area (TPSA) is 59.0 Å². The first-order valence-corrected chi connectivity index (χ1v) is 5.02. The highest BCUT2D eigenvalue weighted by Crippen LogP contribution is 2.24. The summed E-state index contributed by atoms with van der Waals surface area (Å²) in [6.45, 7) is 1.97. The molecule has 1 rings (SSSR count). The molecule has 1 aromatic carbocycles. The van der Waals surface area contributed by atoms with Crippen molar-refractivity contribution in [2.75, 3.05) is 7.11 Å². The van der Waals surface area contributed by atoms with Crippen LogP contribution in [0.3, 0.4) is 0 Å². The highest BCUT2D eigenvalue weighted by atomic mass is 16.5. The van der Waals surface area contributed by atoms with Gasteiger partial charge in [-0.1, -0.05) is 19.1 Å². The molecule has 0 aliphatic rings. The lowest BCUT2D eigenvalue weighted by Crippen LogP contribution is -2.19. The van der Waals surface area contributed by atoms with E-state index in [1.165, 1.54) is 0 Å². The van der Waals surface area contributed by atoms with Crippen LogP contribution in [-0.4, -0.2) is 7.11 Å². The third-order valence-electron chi connectivity index (χ3n) is 2.52. The van der Waals surface area contributed by atoms with Crippen molar-refractivity contribution in [1.82, 2.24) is 0 Å². The number of nitrogens with zero attached hydrogens (tertiary/aromatic N) is 1. The van der Waals surface area contributed by atoms with Gasteiger partial charge in [-0.05, 0) is 24.1 Å². The first-order chi connectivity index (χ1) is 7.22. The van der Waals surface area contributed by atoms with Crippen LogP contribution in [0.25, 0.3) is 0 Å². The van der Waals surface area contributed by atoms with E-state index in [2.05, 4.69) is 6.07 Å². The Morgan fingerprint density at radius 2 is 2.27 bits per heavy atom. The van der Waals surface area contributed by atoms with Crippen molar-refractivity contribution in [1.29, 1.82) is 5.26 Å². The van der Waals surface area contributed by atoms with Gasteiger partial charge in [-0.15, -0.1) is 0 Å². The largest absolute Gasteiger partial charge is 0.497 e. The minimum atomic E-state index is -0.241. The molecule has 2 unspecified atom stereocenters. The smallest absolute Gasteiger partial charge is 0.119 e. The summed E-state index contributed by atoms with van der Waals surface area (Å²) in [4.78, 5) is 0. The molecular weight excluding hydrogens is 188 g/mol. The molecule has 0 amide bonds. The fourth-order valence-electron chi connectivity index (χ4n) is 1.51. The highest BCUT2D eigenvalue weighted by Gasteiger charge is 2.17. The number of hydrogen-bond acceptors (Lipinski definition) is 3. The Morgan fingerprint density at radius 1 is 1.53 bits per heavy atom. The van der Waals surface area contributed by atoms with E-state index in [1.807, 2.05) is 31.2 Å². The van der Waals surface area contributed by atoms with E-state index in [1.54, 1.807) is 7.11 Å². The predicted molar refractivity (Wildman–Crippen MR) is 59.3 cm³/mol. The Balaban J connectivity index is 2.90. The zero-order chi connectivity index (χ0) is 11.3. The normalized spacial score (nSPS) is 14.0. The van der Waals surface area contributed by atoms with Crippen molar-refractivity contribution in [3.05, 3.63) is 29.8 Å². The number of rotatable bonds is 4. The average molecular weight is 204 g/mol. The van der Waals surface area contributed by atoms with Crippen LogP contribution < -0.4 is 10.5 Å². The van der Waals surface area contributed by atoms with Crippen LogP contribution in [-0.2, 0) is 0 Å². The van der Waals surface area contributed by atoms with Crippen LogP contribution in [0.5, 0.6) is 5.75 Å². The minimum absolute atomic E-state index is 0.142. The Labute approximate surface area is 90.5 Å². The molecule has 3 heteroatoms. The molecule has 80 valence electrons. The molecule has 1 aromatic rings. The number of nitrogens with two attached hydrogens (primary N) is 1. The van der Waals surface area contributed by atoms with Crippen molar-refractivity contribution < 1.29 is 4.74 Å². The van der Waals surface area contributed by atoms with E-state index in [0.717, 1.165) is 17.7 Å². The van der Waals surface area contributed by atoms with Crippen molar-refractivity contribution in [2.45, 2.75) is 19.4 Å². The Morgan fingerprint density at radius 3 is 2.80 bits per heavy atom. The molecule has 0 radical (unpaired) electrons. The summed E-state index contributed by atoms with van der Waals surface area (Å²) < 4.78 is 5.11. The van der Waals surface area contributed by atoms with E-state index >= 15 is 0 Å². The molecule has 0 aliphatic carbocycles. The Hall–Kier alpha value is -1.53. The zero-order valence-electron chi connectivity index (χ0n) is 9.10. The van der Waals surface area contributed by atoms with Gasteiger partial charge in [0.1, 0.15) is 5.75 Å². The van der Waals surface area contributed by atoms with Crippen molar-refractivity contribution in [3.63, 3.8) is 0 Å². The maximum absolute atomic E-state index is 8.92. The van der Waals surface area contributed by atoms with Crippen LogP contribution in [0, 0.1) is 17.2 Å². The number of methoxy groups -OCH3 is 1. The number of hydrogen-bond donors (Lipinski definition) is 1. The van der Waals surface area contributed by atoms with Crippen LogP contribution in [0.1, 0.15) is 24.9 Å². The summed E-state index contributed by atoms with van der Waals surface area (Å²) >= 11 is 0. The van der Waals surface area contributed by atoms with Gasteiger partial charge in [-0.25, -0.2) is 0 Å². The molecule has 0 bridgehead atoms. The second-order valence-corrected chi connectivity index (χ2v) is 3.45. The van der Waals surface area contributed by atoms with Gasteiger partial charge in [-0.3, -0.25) is 0 Å². The number of benzene rings is 1. The van der Waals surface area contributed by atoms with Crippen LogP contribution >= 0.6 is 0 Å². The minimum Gasteiger partial charge on any atom is -0.497 e. The molecule has 2 atom stereocenters. The molecule has 0 spiro atoms. The monoisotopic (exact) mass is 204 g/mol. The van der Waals surface area contributed by atoms with Crippen LogP contribution in [0.2, 0.25) is 0 Å². The fourth-order valence-corrected chi connectivity index (χ4v) is 1.51. The zero-order valence-corrected chi connectivity index (χ0v) is 9.10. The quantitative estimate of drug-likeness (QED) is 0.818. The summed E-state index contributed by atoms with van der Waals surface area (Å²) in [6.07, 6.45) is 0.759. The van der Waals surface area contributed by atoms with Gasteiger partial charge in [0.25, 0.3) is 0 Å². The average Bonchev–Trinajstić information content (AvgIpc) is 2.30. The lowest BCUT2D eigenvalue weighted by molar-refractivity contribution is 0.412. The molecular formula is C12H16N2O. The fraction of sp³-hybridized carbons (Fsp3) is 0.417. The lowest BCUT2D eigenvalue weighted by Gasteiger charge is -2.16. The van der Waals surface area contributed by atoms with Gasteiger partial charge in [0, 0.05) is 6.04 Å². The maximum atomic E-state index is 8.92. The summed E-state index contributed by atoms with van der Waals surface area (Å²) in [7, 11) is 1.62.